The van der Waals surface area contributed by atoms with E-state index in [1.165, 1.54) is 0 Å². The van der Waals surface area contributed by atoms with Gasteiger partial charge in [-0.15, -0.1) is 0 Å². The molecule has 0 saturated heterocycles. The number of thiol groups is 1. The van der Waals surface area contributed by atoms with E-state index in [1.54, 1.807) is 0 Å². The fourth-order valence-corrected chi connectivity index (χ4v) is 2.28. The Morgan fingerprint density at radius 1 is 1.25 bits per heavy atom. The van der Waals surface area contributed by atoms with E-state index >= 15 is 0 Å². The van der Waals surface area contributed by atoms with Crippen molar-refractivity contribution in [2.24, 2.45) is 0 Å². The smallest absolute Gasteiger partial charge is 0.148 e. The lowest BCUT2D eigenvalue weighted by Crippen LogP contribution is -2.07. The van der Waals surface area contributed by atoms with E-state index in [0.717, 1.165) is 0 Å². The van der Waals surface area contributed by atoms with Gasteiger partial charge < -0.3 is 0 Å². The summed E-state index contributed by atoms with van der Waals surface area (Å²) in [5.74, 6) is 0.0301. The summed E-state index contributed by atoms with van der Waals surface area (Å²) in [6.07, 6.45) is 0. The van der Waals surface area contributed by atoms with Gasteiger partial charge in [0.1, 0.15) is 12.8 Å². The van der Waals surface area contributed by atoms with Gasteiger partial charge >= 0.3 is 0 Å². The van der Waals surface area contributed by atoms with Gasteiger partial charge in [0.05, 0.1) is 5.75 Å². The largest absolute Gasteiger partial charge is 0.232 e. The van der Waals surface area contributed by atoms with E-state index < -0.39 is 12.8 Å². The van der Waals surface area contributed by atoms with E-state index in [9.17, 15) is 8.42 Å². The molecular weight excluding hydrogens is 328 g/mol. The average molecular weight is 331 g/mol. The molecule has 0 atom stereocenters. The quantitative estimate of drug-likeness (QED) is 0.583. The van der Waals surface area contributed by atoms with Gasteiger partial charge in [-0.2, -0.15) is 0 Å². The van der Waals surface area contributed by atoms with E-state index in [0.29, 0.717) is 0 Å². The van der Waals surface area contributed by atoms with Crippen molar-refractivity contribution in [2.45, 2.75) is 2.14 Å². The first kappa shape index (κ1) is 9.39. The molecule has 0 aromatic carbocycles. The fourth-order valence-electron chi connectivity index (χ4n) is 0.146. The number of hydrogen-bond donors (Lipinski definition) is 1. The predicted octanol–water partition coefficient (Wildman–Crippen LogP) is 1.44. The first-order valence-corrected chi connectivity index (χ1v) is 5.34. The maximum Gasteiger partial charge on any atom is 0.148 e. The van der Waals surface area contributed by atoms with Crippen LogP contribution >= 0.6 is 47.8 Å². The van der Waals surface area contributed by atoms with E-state index in [-0.39, 0.29) is 5.75 Å². The van der Waals surface area contributed by atoms with Crippen LogP contribution in [0.1, 0.15) is 0 Å². The minimum absolute atomic E-state index is 0.0301. The third kappa shape index (κ3) is 7.39. The molecule has 0 heterocycles. The van der Waals surface area contributed by atoms with Crippen molar-refractivity contribution in [1.29, 1.82) is 0 Å². The van der Waals surface area contributed by atoms with Crippen molar-refractivity contribution < 1.29 is 8.42 Å². The summed E-state index contributed by atoms with van der Waals surface area (Å²) in [5.41, 5.74) is 0. The van der Waals surface area contributed by atoms with Crippen LogP contribution in [0.15, 0.2) is 0 Å². The highest BCUT2D eigenvalue weighted by atomic mass is 80.0. The highest BCUT2D eigenvalue weighted by molar-refractivity contribution is 9.39. The Labute approximate surface area is 74.4 Å². The Morgan fingerprint density at radius 3 is 1.62 bits per heavy atom. The van der Waals surface area contributed by atoms with Gasteiger partial charge in [0, 0.05) is 0 Å². The molecule has 0 radical (unpaired) electrons. The monoisotopic (exact) mass is 328 g/mol. The second kappa shape index (κ2) is 3.53. The van der Waals surface area contributed by atoms with Crippen LogP contribution in [-0.2, 0) is 10.7 Å². The van der Waals surface area contributed by atoms with Crippen LogP contribution in [0.2, 0.25) is 0 Å². The van der Waals surface area contributed by atoms with Gasteiger partial charge in [-0.1, -0.05) is 47.8 Å². The van der Waals surface area contributed by atoms with Crippen molar-refractivity contribution in [3.8, 4) is 0 Å². The van der Waals surface area contributed by atoms with Gasteiger partial charge in [0.15, 0.2) is 0 Å². The third-order valence-corrected chi connectivity index (χ3v) is 3.18. The number of alkyl halides is 3. The van der Waals surface area contributed by atoms with Gasteiger partial charge in [0.2, 0.25) is 0 Å². The highest BCUT2D eigenvalue weighted by Crippen LogP contribution is 2.33. The normalized spacial score (nSPS) is 12.5. The number of rotatable bonds is 1. The molecule has 0 aliphatic heterocycles. The van der Waals surface area contributed by atoms with E-state index in [2.05, 4.69) is 47.8 Å². The molecule has 6 heteroatoms. The van der Waals surface area contributed by atoms with Crippen LogP contribution in [0.3, 0.4) is 0 Å². The molecule has 0 aromatic rings. The molecule has 0 aliphatic rings. The Bertz CT molecular complexity index is 127. The molecule has 8 heavy (non-hydrogen) atoms. The molecule has 0 aliphatic carbocycles. The molecular formula is C2H3Br3O2S. The zero-order chi connectivity index (χ0) is 6.78. The Morgan fingerprint density at radius 2 is 1.62 bits per heavy atom. The maximum atomic E-state index is 9.96. The van der Waals surface area contributed by atoms with Crippen LogP contribution in [0.25, 0.3) is 0 Å². The summed E-state index contributed by atoms with van der Waals surface area (Å²) in [6, 6.07) is 0. The maximum absolute atomic E-state index is 9.96. The first-order chi connectivity index (χ1) is 3.42. The van der Waals surface area contributed by atoms with Crippen LogP contribution in [0.4, 0.5) is 0 Å². The Kier molecular flexibility index (Phi) is 4.15. The van der Waals surface area contributed by atoms with E-state index in [1.807, 2.05) is 0 Å². The van der Waals surface area contributed by atoms with Crippen molar-refractivity contribution in [3.05, 3.63) is 0 Å². The van der Waals surface area contributed by atoms with Crippen LogP contribution in [0.5, 0.6) is 0 Å². The summed E-state index contributed by atoms with van der Waals surface area (Å²) in [6.45, 7) is 0. The molecule has 50 valence electrons. The van der Waals surface area contributed by atoms with Gasteiger partial charge in [-0.25, -0.2) is 8.42 Å². The third-order valence-electron chi connectivity index (χ3n) is 0.308. The van der Waals surface area contributed by atoms with Crippen LogP contribution in [0, 0.1) is 0 Å². The second-order valence-electron chi connectivity index (χ2n) is 1.11. The lowest BCUT2D eigenvalue weighted by Gasteiger charge is -2.03. The van der Waals surface area contributed by atoms with Crippen LogP contribution < -0.4 is 0 Å². The molecule has 0 aromatic heterocycles. The highest BCUT2D eigenvalue weighted by Gasteiger charge is 2.18. The van der Waals surface area contributed by atoms with Crippen molar-refractivity contribution >= 4 is 58.5 Å². The van der Waals surface area contributed by atoms with E-state index in [4.69, 9.17) is 0 Å². The van der Waals surface area contributed by atoms with Crippen molar-refractivity contribution in [2.75, 3.05) is 5.75 Å². The predicted molar refractivity (Wildman–Crippen MR) is 44.7 cm³/mol. The lowest BCUT2D eigenvalue weighted by molar-refractivity contribution is 0.615. The second-order valence-corrected chi connectivity index (χ2v) is 9.34. The Hall–Kier alpha value is 1.39. The summed E-state index contributed by atoms with van der Waals surface area (Å²) in [5, 5.41) is 0. The zero-order valence-corrected chi connectivity index (χ0v) is 9.26. The summed E-state index contributed by atoms with van der Waals surface area (Å²) < 4.78 is 19.3. The summed E-state index contributed by atoms with van der Waals surface area (Å²) in [7, 11) is -2.33. The topological polar surface area (TPSA) is 34.1 Å². The Balaban J connectivity index is 3.73. The SMILES string of the molecule is O=[SH](=O)CC(Br)(Br)Br. The van der Waals surface area contributed by atoms with Gasteiger partial charge in [0.25, 0.3) is 0 Å². The molecule has 0 spiro atoms. The first-order valence-electron chi connectivity index (χ1n) is 1.60. The van der Waals surface area contributed by atoms with Gasteiger partial charge in [-0.05, 0) is 0 Å². The zero-order valence-electron chi connectivity index (χ0n) is 3.60. The summed E-state index contributed by atoms with van der Waals surface area (Å²) >= 11 is 9.09. The molecule has 0 saturated carbocycles. The number of halogens is 3. The lowest BCUT2D eigenvalue weighted by atomic mass is 11.0. The fraction of sp³-hybridized carbons (Fsp3) is 1.00. The van der Waals surface area contributed by atoms with Crippen molar-refractivity contribution in [3.63, 3.8) is 0 Å². The van der Waals surface area contributed by atoms with Gasteiger partial charge in [-0.3, -0.25) is 0 Å². The minimum atomic E-state index is -2.33. The molecule has 2 nitrogen and oxygen atoms in total. The van der Waals surface area contributed by atoms with Crippen molar-refractivity contribution in [1.82, 2.24) is 0 Å². The number of hydrogen-bond acceptors (Lipinski definition) is 2. The average Bonchev–Trinajstić information content (AvgIpc) is 1.21. The molecule has 0 fully saturated rings. The summed E-state index contributed by atoms with van der Waals surface area (Å²) in [4.78, 5) is 0. The molecule has 0 unspecified atom stereocenters. The molecule has 0 amide bonds. The standard InChI is InChI=1S/C2H3Br3O2S/c3-2(4,5)1-8(6)7/h8H,1H2. The molecule has 0 rings (SSSR count). The molecule has 0 bridgehead atoms. The van der Waals surface area contributed by atoms with Crippen LogP contribution in [-0.4, -0.2) is 16.3 Å². The minimum Gasteiger partial charge on any atom is -0.232 e. The molecule has 0 N–H and O–H groups in total.